The van der Waals surface area contributed by atoms with E-state index in [2.05, 4.69) is 9.89 Å². The van der Waals surface area contributed by atoms with Gasteiger partial charge in [-0.2, -0.15) is 0 Å². The summed E-state index contributed by atoms with van der Waals surface area (Å²) in [7, 11) is 1.31. The van der Waals surface area contributed by atoms with Gasteiger partial charge >= 0.3 is 5.97 Å². The lowest BCUT2D eigenvalue weighted by molar-refractivity contribution is 0.0589. The molecular formula is C12H11NO3. The molecule has 4 heteroatoms. The zero-order valence-corrected chi connectivity index (χ0v) is 9.06. The van der Waals surface area contributed by atoms with Crippen LogP contribution in [-0.2, 0) is 4.74 Å². The molecule has 0 aliphatic heterocycles. The van der Waals surface area contributed by atoms with E-state index in [1.54, 1.807) is 6.07 Å². The standard InChI is InChI=1S/C12H11NO3/c1-8-4-3-5-9(6-8)11-7-10(13-16-11)12(14)15-2/h3-7H,1-2H3. The summed E-state index contributed by atoms with van der Waals surface area (Å²) >= 11 is 0. The fourth-order valence-electron chi connectivity index (χ4n) is 1.41. The molecule has 0 amide bonds. The summed E-state index contributed by atoms with van der Waals surface area (Å²) in [5.74, 6) is 0.0618. The van der Waals surface area contributed by atoms with E-state index in [-0.39, 0.29) is 5.69 Å². The summed E-state index contributed by atoms with van der Waals surface area (Å²) in [5, 5.41) is 3.64. The van der Waals surface area contributed by atoms with Gasteiger partial charge in [0.2, 0.25) is 0 Å². The zero-order valence-electron chi connectivity index (χ0n) is 9.06. The van der Waals surface area contributed by atoms with Crippen molar-refractivity contribution in [2.45, 2.75) is 6.92 Å². The number of aryl methyl sites for hydroxylation is 1. The summed E-state index contributed by atoms with van der Waals surface area (Å²) in [6.07, 6.45) is 0. The molecule has 2 aromatic rings. The van der Waals surface area contributed by atoms with Crippen LogP contribution in [0.4, 0.5) is 0 Å². The first-order valence-electron chi connectivity index (χ1n) is 4.83. The molecule has 16 heavy (non-hydrogen) atoms. The summed E-state index contributed by atoms with van der Waals surface area (Å²) in [4.78, 5) is 11.2. The molecule has 0 N–H and O–H groups in total. The van der Waals surface area contributed by atoms with Crippen LogP contribution in [0, 0.1) is 6.92 Å². The van der Waals surface area contributed by atoms with Crippen molar-refractivity contribution in [1.29, 1.82) is 0 Å². The van der Waals surface area contributed by atoms with E-state index in [9.17, 15) is 4.79 Å². The molecule has 0 fully saturated rings. The molecule has 0 unspecified atom stereocenters. The van der Waals surface area contributed by atoms with E-state index in [4.69, 9.17) is 4.52 Å². The van der Waals surface area contributed by atoms with Gasteiger partial charge in [0.1, 0.15) is 0 Å². The van der Waals surface area contributed by atoms with Crippen LogP contribution in [0.15, 0.2) is 34.9 Å². The number of hydrogen-bond donors (Lipinski definition) is 0. The maximum Gasteiger partial charge on any atom is 0.360 e. The predicted octanol–water partition coefficient (Wildman–Crippen LogP) is 2.44. The van der Waals surface area contributed by atoms with Crippen LogP contribution in [0.3, 0.4) is 0 Å². The lowest BCUT2D eigenvalue weighted by Gasteiger charge is -1.95. The van der Waals surface area contributed by atoms with Gasteiger partial charge < -0.3 is 9.26 Å². The van der Waals surface area contributed by atoms with Crippen molar-refractivity contribution in [2.24, 2.45) is 0 Å². The molecule has 0 aliphatic carbocycles. The molecule has 1 aromatic heterocycles. The molecule has 1 heterocycles. The summed E-state index contributed by atoms with van der Waals surface area (Å²) < 4.78 is 9.63. The Morgan fingerprint density at radius 3 is 2.88 bits per heavy atom. The van der Waals surface area contributed by atoms with Crippen LogP contribution in [-0.4, -0.2) is 18.2 Å². The Hall–Kier alpha value is -2.10. The average molecular weight is 217 g/mol. The second kappa shape index (κ2) is 4.18. The van der Waals surface area contributed by atoms with E-state index in [1.807, 2.05) is 31.2 Å². The summed E-state index contributed by atoms with van der Waals surface area (Å²) in [6, 6.07) is 9.34. The Kier molecular flexibility index (Phi) is 2.72. The van der Waals surface area contributed by atoms with Crippen LogP contribution in [0.1, 0.15) is 16.1 Å². The normalized spacial score (nSPS) is 10.1. The number of benzene rings is 1. The summed E-state index contributed by atoms with van der Waals surface area (Å²) in [5.41, 5.74) is 2.19. The molecule has 0 atom stereocenters. The fraction of sp³-hybridized carbons (Fsp3) is 0.167. The molecule has 82 valence electrons. The maximum atomic E-state index is 11.2. The minimum atomic E-state index is -0.498. The lowest BCUT2D eigenvalue weighted by Crippen LogP contribution is -2.00. The van der Waals surface area contributed by atoms with Gasteiger partial charge in [-0.15, -0.1) is 0 Å². The highest BCUT2D eigenvalue weighted by molar-refractivity contribution is 5.88. The number of esters is 1. The molecule has 0 saturated carbocycles. The number of ether oxygens (including phenoxy) is 1. The molecule has 0 bridgehead atoms. The van der Waals surface area contributed by atoms with Crippen LogP contribution in [0.25, 0.3) is 11.3 Å². The van der Waals surface area contributed by atoms with Crippen molar-refractivity contribution in [1.82, 2.24) is 5.16 Å². The highest BCUT2D eigenvalue weighted by atomic mass is 16.5. The minimum Gasteiger partial charge on any atom is -0.464 e. The van der Waals surface area contributed by atoms with Gasteiger partial charge in [0.05, 0.1) is 7.11 Å². The van der Waals surface area contributed by atoms with E-state index < -0.39 is 5.97 Å². The molecule has 2 rings (SSSR count). The highest BCUT2D eigenvalue weighted by Crippen LogP contribution is 2.21. The van der Waals surface area contributed by atoms with Crippen molar-refractivity contribution < 1.29 is 14.1 Å². The van der Waals surface area contributed by atoms with Gasteiger partial charge in [-0.1, -0.05) is 28.9 Å². The SMILES string of the molecule is COC(=O)c1cc(-c2cccc(C)c2)on1. The molecule has 0 spiro atoms. The Balaban J connectivity index is 2.35. The molecule has 0 saturated heterocycles. The predicted molar refractivity (Wildman–Crippen MR) is 58.0 cm³/mol. The first-order chi connectivity index (χ1) is 7.70. The van der Waals surface area contributed by atoms with Gasteiger partial charge in [-0.05, 0) is 13.0 Å². The topological polar surface area (TPSA) is 52.3 Å². The van der Waals surface area contributed by atoms with E-state index in [1.165, 1.54) is 7.11 Å². The number of aromatic nitrogens is 1. The quantitative estimate of drug-likeness (QED) is 0.725. The van der Waals surface area contributed by atoms with Crippen LogP contribution in [0.5, 0.6) is 0 Å². The Bertz CT molecular complexity index is 516. The van der Waals surface area contributed by atoms with Gasteiger partial charge in [-0.3, -0.25) is 0 Å². The van der Waals surface area contributed by atoms with E-state index in [0.29, 0.717) is 5.76 Å². The smallest absolute Gasteiger partial charge is 0.360 e. The number of methoxy groups -OCH3 is 1. The number of hydrogen-bond acceptors (Lipinski definition) is 4. The highest BCUT2D eigenvalue weighted by Gasteiger charge is 2.13. The van der Waals surface area contributed by atoms with E-state index >= 15 is 0 Å². The Labute approximate surface area is 92.8 Å². The van der Waals surface area contributed by atoms with Crippen molar-refractivity contribution in [2.75, 3.05) is 7.11 Å². The molecule has 0 aliphatic rings. The number of carbonyl (C=O) groups is 1. The zero-order chi connectivity index (χ0) is 11.5. The summed E-state index contributed by atoms with van der Waals surface area (Å²) in [6.45, 7) is 1.99. The van der Waals surface area contributed by atoms with Crippen LogP contribution in [0.2, 0.25) is 0 Å². The third-order valence-corrected chi connectivity index (χ3v) is 2.21. The fourth-order valence-corrected chi connectivity index (χ4v) is 1.41. The van der Waals surface area contributed by atoms with Gasteiger partial charge in [0.25, 0.3) is 0 Å². The van der Waals surface area contributed by atoms with E-state index in [0.717, 1.165) is 11.1 Å². The average Bonchev–Trinajstić information content (AvgIpc) is 2.77. The molecule has 1 aromatic carbocycles. The molecular weight excluding hydrogens is 206 g/mol. The molecule has 0 radical (unpaired) electrons. The number of rotatable bonds is 2. The maximum absolute atomic E-state index is 11.2. The largest absolute Gasteiger partial charge is 0.464 e. The van der Waals surface area contributed by atoms with Crippen molar-refractivity contribution >= 4 is 5.97 Å². The monoisotopic (exact) mass is 217 g/mol. The number of nitrogens with zero attached hydrogens (tertiary/aromatic N) is 1. The first-order valence-corrected chi connectivity index (χ1v) is 4.83. The second-order valence-electron chi connectivity index (χ2n) is 3.44. The Morgan fingerprint density at radius 2 is 2.19 bits per heavy atom. The molecule has 4 nitrogen and oxygen atoms in total. The minimum absolute atomic E-state index is 0.180. The van der Waals surface area contributed by atoms with Crippen molar-refractivity contribution in [3.05, 3.63) is 41.6 Å². The third kappa shape index (κ3) is 1.95. The number of carbonyl (C=O) groups excluding carboxylic acids is 1. The van der Waals surface area contributed by atoms with Gasteiger partial charge in [0.15, 0.2) is 11.5 Å². The Morgan fingerprint density at radius 1 is 1.38 bits per heavy atom. The van der Waals surface area contributed by atoms with Gasteiger partial charge in [0, 0.05) is 11.6 Å². The second-order valence-corrected chi connectivity index (χ2v) is 3.44. The van der Waals surface area contributed by atoms with Crippen LogP contribution >= 0.6 is 0 Å². The van der Waals surface area contributed by atoms with Crippen molar-refractivity contribution in [3.63, 3.8) is 0 Å². The third-order valence-electron chi connectivity index (χ3n) is 2.21. The van der Waals surface area contributed by atoms with Crippen molar-refractivity contribution in [3.8, 4) is 11.3 Å². The van der Waals surface area contributed by atoms with Gasteiger partial charge in [-0.25, -0.2) is 4.79 Å². The van der Waals surface area contributed by atoms with Crippen LogP contribution < -0.4 is 0 Å². The first kappa shape index (κ1) is 10.4. The lowest BCUT2D eigenvalue weighted by atomic mass is 10.1.